The molecule has 3 fully saturated rings. The van der Waals surface area contributed by atoms with Gasteiger partial charge >= 0.3 is 6.03 Å². The Kier molecular flexibility index (Phi) is 3.30. The van der Waals surface area contributed by atoms with Crippen LogP contribution in [0.15, 0.2) is 0 Å². The summed E-state index contributed by atoms with van der Waals surface area (Å²) in [5, 5.41) is 6.54. The van der Waals surface area contributed by atoms with Crippen molar-refractivity contribution >= 4 is 22.0 Å². The van der Waals surface area contributed by atoms with E-state index in [4.69, 9.17) is 0 Å². The fourth-order valence-corrected chi connectivity index (χ4v) is 4.16. The standard InChI is InChI=1S/C12H20BrN3O/c13-8-1-2-11-10(7-8)15-12(17)16(11)9-3-5-14-6-4-9/h8-11,14H,1-7H2,(H,15,17). The van der Waals surface area contributed by atoms with Gasteiger partial charge in [0.1, 0.15) is 0 Å². The molecule has 0 aromatic carbocycles. The Hall–Kier alpha value is -0.290. The molecule has 3 rings (SSSR count). The molecule has 17 heavy (non-hydrogen) atoms. The minimum Gasteiger partial charge on any atom is -0.333 e. The second-order valence-corrected chi connectivity index (χ2v) is 6.72. The first-order chi connectivity index (χ1) is 8.25. The van der Waals surface area contributed by atoms with Gasteiger partial charge in [-0.1, -0.05) is 15.9 Å². The molecule has 0 spiro atoms. The molecule has 2 heterocycles. The number of alkyl halides is 1. The van der Waals surface area contributed by atoms with E-state index in [0.29, 0.717) is 23.0 Å². The van der Waals surface area contributed by atoms with Crippen molar-refractivity contribution in [2.45, 2.75) is 55.1 Å². The SMILES string of the molecule is O=C1NC2CC(Br)CCC2N1C1CCNCC1. The topological polar surface area (TPSA) is 44.4 Å². The molecule has 4 nitrogen and oxygen atoms in total. The van der Waals surface area contributed by atoms with Crippen molar-refractivity contribution in [3.05, 3.63) is 0 Å². The largest absolute Gasteiger partial charge is 0.333 e. The van der Waals surface area contributed by atoms with E-state index in [1.165, 1.54) is 6.42 Å². The van der Waals surface area contributed by atoms with E-state index in [2.05, 4.69) is 31.5 Å². The van der Waals surface area contributed by atoms with E-state index >= 15 is 0 Å². The number of nitrogens with one attached hydrogen (secondary N) is 2. The number of halogens is 1. The number of hydrogen-bond donors (Lipinski definition) is 2. The Morgan fingerprint density at radius 2 is 1.94 bits per heavy atom. The Morgan fingerprint density at radius 3 is 2.71 bits per heavy atom. The number of nitrogens with zero attached hydrogens (tertiary/aromatic N) is 1. The summed E-state index contributed by atoms with van der Waals surface area (Å²) in [5.74, 6) is 0. The first kappa shape index (κ1) is 11.8. The monoisotopic (exact) mass is 301 g/mol. The van der Waals surface area contributed by atoms with Crippen LogP contribution in [-0.2, 0) is 0 Å². The number of rotatable bonds is 1. The van der Waals surface area contributed by atoms with Crippen molar-refractivity contribution in [3.63, 3.8) is 0 Å². The molecule has 1 aliphatic carbocycles. The molecule has 3 unspecified atom stereocenters. The molecule has 2 N–H and O–H groups in total. The number of carbonyl (C=O) groups excluding carboxylic acids is 1. The third kappa shape index (κ3) is 2.19. The summed E-state index contributed by atoms with van der Waals surface area (Å²) in [6.45, 7) is 2.10. The number of fused-ring (bicyclic) bond motifs is 1. The van der Waals surface area contributed by atoms with Gasteiger partial charge in [0, 0.05) is 10.9 Å². The van der Waals surface area contributed by atoms with E-state index in [1.807, 2.05) is 0 Å². The zero-order valence-electron chi connectivity index (χ0n) is 9.99. The summed E-state index contributed by atoms with van der Waals surface area (Å²) >= 11 is 3.68. The molecule has 3 atom stereocenters. The fraction of sp³-hybridized carbons (Fsp3) is 0.917. The highest BCUT2D eigenvalue weighted by Gasteiger charge is 2.45. The Bertz CT molecular complexity index is 306. The van der Waals surface area contributed by atoms with Gasteiger partial charge in [-0.15, -0.1) is 0 Å². The van der Waals surface area contributed by atoms with Crippen LogP contribution in [0, 0.1) is 0 Å². The lowest BCUT2D eigenvalue weighted by Crippen LogP contribution is -2.49. The number of carbonyl (C=O) groups is 1. The number of urea groups is 1. The van der Waals surface area contributed by atoms with Gasteiger partial charge in [0.15, 0.2) is 0 Å². The van der Waals surface area contributed by atoms with Crippen LogP contribution in [0.25, 0.3) is 0 Å². The van der Waals surface area contributed by atoms with Gasteiger partial charge in [-0.3, -0.25) is 0 Å². The smallest absolute Gasteiger partial charge is 0.318 e. The van der Waals surface area contributed by atoms with Crippen molar-refractivity contribution in [1.29, 1.82) is 0 Å². The summed E-state index contributed by atoms with van der Waals surface area (Å²) in [7, 11) is 0. The highest BCUT2D eigenvalue weighted by atomic mass is 79.9. The molecule has 0 radical (unpaired) electrons. The maximum Gasteiger partial charge on any atom is 0.318 e. The van der Waals surface area contributed by atoms with Crippen LogP contribution in [0.3, 0.4) is 0 Å². The molecular formula is C12H20BrN3O. The van der Waals surface area contributed by atoms with Crippen molar-refractivity contribution < 1.29 is 4.79 Å². The molecule has 0 bridgehead atoms. The quantitative estimate of drug-likeness (QED) is 0.720. The normalized spacial score (nSPS) is 39.0. The van der Waals surface area contributed by atoms with Crippen molar-refractivity contribution in [1.82, 2.24) is 15.5 Å². The molecule has 2 amide bonds. The second-order valence-electron chi connectivity index (χ2n) is 5.42. The van der Waals surface area contributed by atoms with Crippen LogP contribution in [0.1, 0.15) is 32.1 Å². The number of amides is 2. The lowest BCUT2D eigenvalue weighted by Gasteiger charge is -2.38. The van der Waals surface area contributed by atoms with Crippen LogP contribution in [0.4, 0.5) is 4.79 Å². The predicted molar refractivity (Wildman–Crippen MR) is 70.4 cm³/mol. The van der Waals surface area contributed by atoms with Gasteiger partial charge in [0.05, 0.1) is 12.1 Å². The van der Waals surface area contributed by atoms with E-state index in [1.54, 1.807) is 0 Å². The first-order valence-corrected chi connectivity index (χ1v) is 7.61. The van der Waals surface area contributed by atoms with Crippen LogP contribution < -0.4 is 10.6 Å². The fourth-order valence-electron chi connectivity index (χ4n) is 3.50. The molecule has 0 aromatic rings. The molecule has 96 valence electrons. The van der Waals surface area contributed by atoms with Gasteiger partial charge < -0.3 is 15.5 Å². The molecule has 3 aliphatic rings. The van der Waals surface area contributed by atoms with Crippen LogP contribution in [-0.4, -0.2) is 47.0 Å². The van der Waals surface area contributed by atoms with E-state index in [-0.39, 0.29) is 6.03 Å². The van der Waals surface area contributed by atoms with Crippen LogP contribution >= 0.6 is 15.9 Å². The van der Waals surface area contributed by atoms with Gasteiger partial charge in [0.25, 0.3) is 0 Å². The molecule has 2 saturated heterocycles. The zero-order chi connectivity index (χ0) is 11.8. The van der Waals surface area contributed by atoms with Crippen LogP contribution in [0.5, 0.6) is 0 Å². The minimum absolute atomic E-state index is 0.175. The highest BCUT2D eigenvalue weighted by Crippen LogP contribution is 2.34. The molecule has 5 heteroatoms. The predicted octanol–water partition coefficient (Wildman–Crippen LogP) is 1.45. The maximum absolute atomic E-state index is 12.1. The van der Waals surface area contributed by atoms with Gasteiger partial charge in [0.2, 0.25) is 0 Å². The van der Waals surface area contributed by atoms with Crippen LogP contribution in [0.2, 0.25) is 0 Å². The number of hydrogen-bond acceptors (Lipinski definition) is 2. The maximum atomic E-state index is 12.1. The summed E-state index contributed by atoms with van der Waals surface area (Å²) < 4.78 is 0. The third-order valence-corrected chi connectivity index (χ3v) is 5.18. The van der Waals surface area contributed by atoms with Gasteiger partial charge in [-0.05, 0) is 45.2 Å². The summed E-state index contributed by atoms with van der Waals surface area (Å²) in [6.07, 6.45) is 5.63. The van der Waals surface area contributed by atoms with E-state index < -0.39 is 0 Å². The summed E-state index contributed by atoms with van der Waals surface area (Å²) in [5.41, 5.74) is 0. The average Bonchev–Trinajstić information content (AvgIpc) is 2.65. The molecule has 2 aliphatic heterocycles. The van der Waals surface area contributed by atoms with Crippen molar-refractivity contribution in [3.8, 4) is 0 Å². The average molecular weight is 302 g/mol. The lowest BCUT2D eigenvalue weighted by atomic mass is 9.89. The molecular weight excluding hydrogens is 282 g/mol. The van der Waals surface area contributed by atoms with Crippen molar-refractivity contribution in [2.75, 3.05) is 13.1 Å². The summed E-state index contributed by atoms with van der Waals surface area (Å²) in [4.78, 5) is 14.9. The lowest BCUT2D eigenvalue weighted by molar-refractivity contribution is 0.139. The van der Waals surface area contributed by atoms with E-state index in [0.717, 1.165) is 38.8 Å². The highest BCUT2D eigenvalue weighted by molar-refractivity contribution is 9.09. The van der Waals surface area contributed by atoms with E-state index in [9.17, 15) is 4.79 Å². The zero-order valence-corrected chi connectivity index (χ0v) is 11.6. The Balaban J connectivity index is 1.73. The Morgan fingerprint density at radius 1 is 1.18 bits per heavy atom. The Labute approximate surface area is 111 Å². The number of piperidine rings is 1. The second kappa shape index (κ2) is 4.76. The third-order valence-electron chi connectivity index (χ3n) is 4.35. The van der Waals surface area contributed by atoms with Gasteiger partial charge in [-0.2, -0.15) is 0 Å². The summed E-state index contributed by atoms with van der Waals surface area (Å²) in [6, 6.07) is 1.45. The van der Waals surface area contributed by atoms with Gasteiger partial charge in [-0.25, -0.2) is 4.79 Å². The minimum atomic E-state index is 0.175. The first-order valence-electron chi connectivity index (χ1n) is 6.69. The van der Waals surface area contributed by atoms with Crippen molar-refractivity contribution in [2.24, 2.45) is 0 Å². The molecule has 1 saturated carbocycles. The molecule has 0 aromatic heterocycles.